The van der Waals surface area contributed by atoms with Gasteiger partial charge in [0.2, 0.25) is 0 Å². The topological polar surface area (TPSA) is 91.3 Å². The lowest BCUT2D eigenvalue weighted by atomic mass is 9.47. The maximum absolute atomic E-state index is 13.9. The molecule has 5 unspecified atom stereocenters. The highest BCUT2D eigenvalue weighted by molar-refractivity contribution is 7.85. The first kappa shape index (κ1) is 24.0. The predicted octanol–water partition coefficient (Wildman–Crippen LogP) is 4.21. The highest BCUT2D eigenvalue weighted by Crippen LogP contribution is 2.67. The Balaban J connectivity index is 1.33. The average molecular weight is 509 g/mol. The van der Waals surface area contributed by atoms with Crippen LogP contribution in [0.3, 0.4) is 0 Å². The molecule has 0 saturated heterocycles. The van der Waals surface area contributed by atoms with E-state index in [1.807, 2.05) is 13.8 Å². The van der Waals surface area contributed by atoms with Crippen LogP contribution in [0.2, 0.25) is 0 Å². The van der Waals surface area contributed by atoms with E-state index in [-0.39, 0.29) is 22.4 Å². The number of hydrogen-bond acceptors (Lipinski definition) is 5. The molecule has 0 radical (unpaired) electrons. The molecular formula is C27H40O5S2. The van der Waals surface area contributed by atoms with E-state index < -0.39 is 31.4 Å². The second-order valence-electron chi connectivity index (χ2n) is 13.8. The molecule has 0 spiro atoms. The average Bonchev–Trinajstić information content (AvgIpc) is 3.02. The zero-order chi connectivity index (χ0) is 24.1. The summed E-state index contributed by atoms with van der Waals surface area (Å²) in [7, 11) is -4.44. The molecule has 7 rings (SSSR count). The molecule has 7 heteroatoms. The van der Waals surface area contributed by atoms with Crippen molar-refractivity contribution in [2.24, 2.45) is 39.9 Å². The molecule has 5 atom stereocenters. The smallest absolute Gasteiger partial charge is 0.191 e. The number of fused-ring (bicyclic) bond motifs is 2. The van der Waals surface area contributed by atoms with E-state index in [4.69, 9.17) is 0 Å². The summed E-state index contributed by atoms with van der Waals surface area (Å²) in [6.07, 6.45) is 13.8. The Morgan fingerprint density at radius 3 is 2.15 bits per heavy atom. The fourth-order valence-electron chi connectivity index (χ4n) is 10.5. The molecule has 7 aliphatic rings. The summed E-state index contributed by atoms with van der Waals surface area (Å²) < 4.78 is 35.1. The quantitative estimate of drug-likeness (QED) is 0.304. The van der Waals surface area contributed by atoms with Crippen molar-refractivity contribution in [2.45, 2.75) is 107 Å². The van der Waals surface area contributed by atoms with Crippen molar-refractivity contribution >= 4 is 33.4 Å². The molecule has 7 aliphatic carbocycles. The molecule has 0 aromatic rings. The van der Waals surface area contributed by atoms with E-state index in [2.05, 4.69) is 0 Å². The van der Waals surface area contributed by atoms with Crippen LogP contribution in [0.15, 0.2) is 0 Å². The van der Waals surface area contributed by atoms with Crippen LogP contribution in [0.4, 0.5) is 0 Å². The van der Waals surface area contributed by atoms with Crippen molar-refractivity contribution in [2.75, 3.05) is 5.75 Å². The van der Waals surface area contributed by atoms with Gasteiger partial charge in [0.15, 0.2) is 21.6 Å². The van der Waals surface area contributed by atoms with Gasteiger partial charge in [-0.05, 0) is 99.1 Å². The Labute approximate surface area is 208 Å². The third-order valence-corrected chi connectivity index (χ3v) is 14.6. The molecule has 5 nitrogen and oxygen atoms in total. The van der Waals surface area contributed by atoms with Crippen LogP contribution in [-0.2, 0) is 31.5 Å². The summed E-state index contributed by atoms with van der Waals surface area (Å²) in [5.41, 5.74) is -1.32. The molecule has 0 aromatic heterocycles. The van der Waals surface area contributed by atoms with Gasteiger partial charge in [-0.25, -0.2) is 8.42 Å². The first-order valence-corrected chi connectivity index (χ1v) is 16.1. The third-order valence-electron chi connectivity index (χ3n) is 11.7. The second-order valence-corrected chi connectivity index (χ2v) is 16.9. The van der Waals surface area contributed by atoms with Gasteiger partial charge in [0.1, 0.15) is 0 Å². The number of Topliss-reactive ketones (excluding diaryl/α,β-unsaturated/α-hetero) is 2. The monoisotopic (exact) mass is 508 g/mol. The summed E-state index contributed by atoms with van der Waals surface area (Å²) in [4.78, 5) is 27.6. The fourth-order valence-corrected chi connectivity index (χ4v) is 14.3. The van der Waals surface area contributed by atoms with Gasteiger partial charge in [0.25, 0.3) is 0 Å². The minimum absolute atomic E-state index is 0.113. The molecule has 0 amide bonds. The van der Waals surface area contributed by atoms with E-state index in [1.54, 1.807) is 0 Å². The maximum atomic E-state index is 13.9. The van der Waals surface area contributed by atoms with Gasteiger partial charge in [0.05, 0.1) is 10.1 Å². The Hall–Kier alpha value is -0.400. The Morgan fingerprint density at radius 1 is 0.971 bits per heavy atom. The standard InChI is InChI=1S/C27H40O5S2/c1-24-8-6-20(25(24,2)16-34(30,31)32)22(23(24)29)33-27(7-4-3-5-21(27)28)15-26-12-17-9-18(13-26)11-19(10-17)14-26/h17-20,22H,3-16H2,1-2H3,(H,30,31,32). The second kappa shape index (κ2) is 7.56. The molecule has 7 saturated carbocycles. The number of rotatable bonds is 6. The van der Waals surface area contributed by atoms with E-state index in [1.165, 1.54) is 38.5 Å². The summed E-state index contributed by atoms with van der Waals surface area (Å²) in [6.45, 7) is 3.76. The number of hydrogen-bond donors (Lipinski definition) is 0. The van der Waals surface area contributed by atoms with Crippen molar-refractivity contribution < 1.29 is 22.6 Å². The molecule has 0 N–H and O–H groups in total. The molecule has 7 fully saturated rings. The van der Waals surface area contributed by atoms with Crippen LogP contribution in [0.25, 0.3) is 0 Å². The van der Waals surface area contributed by atoms with Crippen LogP contribution in [-0.4, -0.2) is 40.3 Å². The lowest BCUT2D eigenvalue weighted by Crippen LogP contribution is -2.55. The molecule has 0 aromatic carbocycles. The number of thiol groups is 1. The van der Waals surface area contributed by atoms with Gasteiger partial charge in [-0.1, -0.05) is 13.8 Å². The zero-order valence-electron chi connectivity index (χ0n) is 20.7. The SMILES string of the molecule is CC12CCC(C([SH+]C3(CC45CC6CC(CC(C6)C4)C5)CCCCC3=O)C1=O)C2(C)CS(=O)(=O)[O-]. The zero-order valence-corrected chi connectivity index (χ0v) is 22.4. The van der Waals surface area contributed by atoms with Gasteiger partial charge in [-0.2, -0.15) is 0 Å². The fraction of sp³-hybridized carbons (Fsp3) is 0.926. The van der Waals surface area contributed by atoms with Crippen LogP contribution in [0, 0.1) is 39.9 Å². The van der Waals surface area contributed by atoms with Gasteiger partial charge in [0, 0.05) is 41.8 Å². The minimum Gasteiger partial charge on any atom is -0.748 e. The van der Waals surface area contributed by atoms with Crippen molar-refractivity contribution in [3.63, 3.8) is 0 Å². The summed E-state index contributed by atoms with van der Waals surface area (Å²) >= 11 is 0.944. The first-order valence-electron chi connectivity index (χ1n) is 13.6. The lowest BCUT2D eigenvalue weighted by molar-refractivity contribution is -0.127. The van der Waals surface area contributed by atoms with Crippen LogP contribution in [0.1, 0.15) is 97.3 Å². The predicted molar refractivity (Wildman–Crippen MR) is 132 cm³/mol. The van der Waals surface area contributed by atoms with Gasteiger partial charge in [-0.15, -0.1) is 0 Å². The van der Waals surface area contributed by atoms with Crippen LogP contribution < -0.4 is 0 Å². The van der Waals surface area contributed by atoms with E-state index in [9.17, 15) is 22.6 Å². The summed E-state index contributed by atoms with van der Waals surface area (Å²) in [5.74, 6) is 2.38. The molecular weight excluding hydrogens is 468 g/mol. The Kier molecular flexibility index (Phi) is 5.33. The largest absolute Gasteiger partial charge is 0.748 e. The summed E-state index contributed by atoms with van der Waals surface area (Å²) in [5, 5.41) is -0.304. The third kappa shape index (κ3) is 3.45. The van der Waals surface area contributed by atoms with Gasteiger partial charge < -0.3 is 4.55 Å². The maximum Gasteiger partial charge on any atom is 0.191 e. The molecule has 34 heavy (non-hydrogen) atoms. The van der Waals surface area contributed by atoms with Crippen molar-refractivity contribution in [3.8, 4) is 0 Å². The lowest BCUT2D eigenvalue weighted by Gasteiger charge is -2.58. The Morgan fingerprint density at radius 2 is 1.59 bits per heavy atom. The molecule has 190 valence electrons. The first-order chi connectivity index (χ1) is 15.9. The van der Waals surface area contributed by atoms with Crippen LogP contribution in [0.5, 0.6) is 0 Å². The van der Waals surface area contributed by atoms with Crippen molar-refractivity contribution in [1.82, 2.24) is 0 Å². The number of ketones is 2. The van der Waals surface area contributed by atoms with E-state index in [0.717, 1.165) is 61.6 Å². The van der Waals surface area contributed by atoms with Gasteiger partial charge >= 0.3 is 0 Å². The Bertz CT molecular complexity index is 985. The molecule has 0 heterocycles. The summed E-state index contributed by atoms with van der Waals surface area (Å²) in [6, 6.07) is 0. The van der Waals surface area contributed by atoms with Crippen molar-refractivity contribution in [3.05, 3.63) is 0 Å². The number of carbonyl (C=O) groups is 2. The highest BCUT2D eigenvalue weighted by Gasteiger charge is 2.73. The molecule has 6 bridgehead atoms. The minimum atomic E-state index is -4.44. The highest BCUT2D eigenvalue weighted by atomic mass is 32.2. The van der Waals surface area contributed by atoms with Gasteiger partial charge in [-0.3, -0.25) is 9.59 Å². The number of carbonyl (C=O) groups excluding carboxylic acids is 2. The normalized spacial score (nSPS) is 52.0. The van der Waals surface area contributed by atoms with Crippen LogP contribution >= 0.6 is 0 Å². The van der Waals surface area contributed by atoms with Crippen molar-refractivity contribution in [1.29, 1.82) is 0 Å². The molecule has 0 aliphatic heterocycles. The van der Waals surface area contributed by atoms with E-state index >= 15 is 0 Å². The van der Waals surface area contributed by atoms with E-state index in [0.29, 0.717) is 18.6 Å².